The Morgan fingerprint density at radius 2 is 1.73 bits per heavy atom. The van der Waals surface area contributed by atoms with Gasteiger partial charge in [-0.25, -0.2) is 4.98 Å². The molecule has 1 aromatic heterocycles. The van der Waals surface area contributed by atoms with Gasteiger partial charge in [0.2, 0.25) is 0 Å². The Labute approximate surface area is 177 Å². The molecule has 3 aromatic rings. The maximum absolute atomic E-state index is 12.6. The van der Waals surface area contributed by atoms with Crippen LogP contribution in [0.1, 0.15) is 50.2 Å². The molecule has 160 valence electrons. The van der Waals surface area contributed by atoms with Gasteiger partial charge in [-0.3, -0.25) is 4.79 Å². The fourth-order valence-corrected chi connectivity index (χ4v) is 3.72. The molecule has 3 rings (SSSR count). The van der Waals surface area contributed by atoms with Crippen LogP contribution in [-0.4, -0.2) is 24.2 Å². The van der Waals surface area contributed by atoms with E-state index < -0.39 is 0 Å². The van der Waals surface area contributed by atoms with Gasteiger partial charge in [0.15, 0.2) is 11.5 Å². The number of aromatic nitrogens is 2. The van der Waals surface area contributed by atoms with Crippen molar-refractivity contribution in [3.8, 4) is 11.5 Å². The zero-order valence-electron chi connectivity index (χ0n) is 18.4. The summed E-state index contributed by atoms with van der Waals surface area (Å²) in [7, 11) is 3.11. The molecule has 1 heterocycles. The van der Waals surface area contributed by atoms with E-state index in [1.807, 2.05) is 0 Å². The molecule has 2 N–H and O–H groups in total. The molecule has 0 aliphatic carbocycles. The molecule has 0 saturated heterocycles. The SMILES string of the molecule is CCCc1ccc([C@@H](NCc2nc3cc(OC)c(OC)cc3c(=O)[nH]2)C(C)C)cc1. The first-order valence-electron chi connectivity index (χ1n) is 10.4. The van der Waals surface area contributed by atoms with Crippen molar-refractivity contribution in [2.24, 2.45) is 5.92 Å². The van der Waals surface area contributed by atoms with E-state index in [1.165, 1.54) is 11.1 Å². The number of rotatable bonds is 9. The van der Waals surface area contributed by atoms with Crippen LogP contribution in [0.25, 0.3) is 10.9 Å². The van der Waals surface area contributed by atoms with Gasteiger partial charge in [-0.05, 0) is 29.5 Å². The van der Waals surface area contributed by atoms with Gasteiger partial charge in [0, 0.05) is 12.1 Å². The lowest BCUT2D eigenvalue weighted by atomic mass is 9.94. The molecule has 6 nitrogen and oxygen atoms in total. The topological polar surface area (TPSA) is 76.2 Å². The van der Waals surface area contributed by atoms with Crippen molar-refractivity contribution in [2.75, 3.05) is 14.2 Å². The van der Waals surface area contributed by atoms with Gasteiger partial charge >= 0.3 is 0 Å². The lowest BCUT2D eigenvalue weighted by molar-refractivity contribution is 0.355. The van der Waals surface area contributed by atoms with Gasteiger partial charge < -0.3 is 19.8 Å². The molecule has 0 amide bonds. The van der Waals surface area contributed by atoms with Crippen LogP contribution >= 0.6 is 0 Å². The summed E-state index contributed by atoms with van der Waals surface area (Å²) in [6, 6.07) is 12.3. The highest BCUT2D eigenvalue weighted by atomic mass is 16.5. The molecule has 6 heteroatoms. The number of aryl methyl sites for hydroxylation is 1. The first-order valence-corrected chi connectivity index (χ1v) is 10.4. The molecule has 0 aliphatic heterocycles. The Bertz CT molecular complexity index is 1040. The van der Waals surface area contributed by atoms with Gasteiger partial charge in [-0.2, -0.15) is 0 Å². The maximum Gasteiger partial charge on any atom is 0.258 e. The summed E-state index contributed by atoms with van der Waals surface area (Å²) in [5.74, 6) is 2.04. The molecule has 2 aromatic carbocycles. The summed E-state index contributed by atoms with van der Waals surface area (Å²) < 4.78 is 10.6. The Balaban J connectivity index is 1.84. The van der Waals surface area contributed by atoms with Gasteiger partial charge in [0.05, 0.1) is 31.7 Å². The number of aromatic amines is 1. The fourth-order valence-electron chi connectivity index (χ4n) is 3.72. The number of benzene rings is 2. The molecule has 30 heavy (non-hydrogen) atoms. The number of ether oxygens (including phenoxy) is 2. The van der Waals surface area contributed by atoms with Crippen molar-refractivity contribution in [1.82, 2.24) is 15.3 Å². The predicted molar refractivity (Wildman–Crippen MR) is 120 cm³/mol. The zero-order valence-corrected chi connectivity index (χ0v) is 18.4. The van der Waals surface area contributed by atoms with E-state index in [4.69, 9.17) is 9.47 Å². The number of H-pyrrole nitrogens is 1. The zero-order chi connectivity index (χ0) is 21.7. The molecule has 0 unspecified atom stereocenters. The minimum Gasteiger partial charge on any atom is -0.493 e. The van der Waals surface area contributed by atoms with E-state index in [-0.39, 0.29) is 11.6 Å². The van der Waals surface area contributed by atoms with Crippen LogP contribution in [-0.2, 0) is 13.0 Å². The van der Waals surface area contributed by atoms with E-state index in [9.17, 15) is 4.79 Å². The summed E-state index contributed by atoms with van der Waals surface area (Å²) in [6.07, 6.45) is 2.24. The number of nitrogens with one attached hydrogen (secondary N) is 2. The van der Waals surface area contributed by atoms with Gasteiger partial charge in [0.25, 0.3) is 5.56 Å². The van der Waals surface area contributed by atoms with Gasteiger partial charge in [-0.1, -0.05) is 51.5 Å². The van der Waals surface area contributed by atoms with Crippen molar-refractivity contribution in [2.45, 2.75) is 46.2 Å². The first-order chi connectivity index (χ1) is 14.5. The second kappa shape index (κ2) is 9.76. The smallest absolute Gasteiger partial charge is 0.258 e. The number of hydrogen-bond donors (Lipinski definition) is 2. The molecule has 0 aliphatic rings. The third-order valence-electron chi connectivity index (χ3n) is 5.29. The van der Waals surface area contributed by atoms with Crippen molar-refractivity contribution in [3.05, 3.63) is 63.7 Å². The largest absolute Gasteiger partial charge is 0.493 e. The van der Waals surface area contributed by atoms with Crippen LogP contribution in [0.3, 0.4) is 0 Å². The second-order valence-electron chi connectivity index (χ2n) is 7.83. The van der Waals surface area contributed by atoms with Gasteiger partial charge in [0.1, 0.15) is 5.82 Å². The van der Waals surface area contributed by atoms with Crippen molar-refractivity contribution >= 4 is 10.9 Å². The third kappa shape index (κ3) is 4.82. The van der Waals surface area contributed by atoms with E-state index in [1.54, 1.807) is 26.4 Å². The van der Waals surface area contributed by atoms with Crippen LogP contribution in [0.5, 0.6) is 11.5 Å². The normalized spacial score (nSPS) is 12.3. The van der Waals surface area contributed by atoms with Gasteiger partial charge in [-0.15, -0.1) is 0 Å². The van der Waals surface area contributed by atoms with E-state index in [0.29, 0.717) is 40.7 Å². The molecule has 0 fully saturated rings. The predicted octanol–water partition coefficient (Wildman–Crippen LogP) is 4.38. The van der Waals surface area contributed by atoms with E-state index >= 15 is 0 Å². The number of nitrogens with zero attached hydrogens (tertiary/aromatic N) is 1. The van der Waals surface area contributed by atoms with E-state index in [2.05, 4.69) is 60.3 Å². The lowest BCUT2D eigenvalue weighted by Crippen LogP contribution is -2.27. The van der Waals surface area contributed by atoms with Crippen molar-refractivity contribution in [3.63, 3.8) is 0 Å². The van der Waals surface area contributed by atoms with Crippen LogP contribution in [0.15, 0.2) is 41.2 Å². The summed E-state index contributed by atoms with van der Waals surface area (Å²) in [5, 5.41) is 4.03. The highest BCUT2D eigenvalue weighted by molar-refractivity contribution is 5.81. The van der Waals surface area contributed by atoms with Crippen molar-refractivity contribution < 1.29 is 9.47 Å². The quantitative estimate of drug-likeness (QED) is 0.548. The van der Waals surface area contributed by atoms with Crippen LogP contribution in [0.4, 0.5) is 0 Å². The molecule has 1 atom stereocenters. The molecule has 0 bridgehead atoms. The number of hydrogen-bond acceptors (Lipinski definition) is 5. The molecule has 0 saturated carbocycles. The monoisotopic (exact) mass is 409 g/mol. The minimum absolute atomic E-state index is 0.159. The lowest BCUT2D eigenvalue weighted by Gasteiger charge is -2.23. The highest BCUT2D eigenvalue weighted by Crippen LogP contribution is 2.30. The molecule has 0 radical (unpaired) electrons. The third-order valence-corrected chi connectivity index (χ3v) is 5.29. The Morgan fingerprint density at radius 1 is 1.07 bits per heavy atom. The van der Waals surface area contributed by atoms with Crippen LogP contribution < -0.4 is 20.3 Å². The summed E-state index contributed by atoms with van der Waals surface area (Å²) >= 11 is 0. The standard InChI is InChI=1S/C24H31N3O3/c1-6-7-16-8-10-17(11-9-16)23(15(2)3)25-14-22-26-19-13-21(30-5)20(29-4)12-18(19)24(28)27-22/h8-13,15,23,25H,6-7,14H2,1-5H3,(H,26,27,28)/t23-/m0/s1. The van der Waals surface area contributed by atoms with Crippen molar-refractivity contribution in [1.29, 1.82) is 0 Å². The minimum atomic E-state index is -0.192. The highest BCUT2D eigenvalue weighted by Gasteiger charge is 2.17. The fraction of sp³-hybridized carbons (Fsp3) is 0.417. The average Bonchev–Trinajstić information content (AvgIpc) is 2.74. The van der Waals surface area contributed by atoms with Crippen LogP contribution in [0.2, 0.25) is 0 Å². The molecule has 0 spiro atoms. The van der Waals surface area contributed by atoms with E-state index in [0.717, 1.165) is 12.8 Å². The summed E-state index contributed by atoms with van der Waals surface area (Å²) in [6.45, 7) is 7.02. The average molecular weight is 410 g/mol. The summed E-state index contributed by atoms with van der Waals surface area (Å²) in [4.78, 5) is 20.1. The molecular formula is C24H31N3O3. The Kier molecular flexibility index (Phi) is 7.11. The second-order valence-corrected chi connectivity index (χ2v) is 7.83. The Morgan fingerprint density at radius 3 is 2.33 bits per heavy atom. The first kappa shape index (κ1) is 21.8. The number of fused-ring (bicyclic) bond motifs is 1. The summed E-state index contributed by atoms with van der Waals surface area (Å²) in [5.41, 5.74) is 2.98. The van der Waals surface area contributed by atoms with Crippen LogP contribution in [0, 0.1) is 5.92 Å². The number of methoxy groups -OCH3 is 2. The maximum atomic E-state index is 12.6. The molecular weight excluding hydrogens is 378 g/mol. The Hall–Kier alpha value is -2.86.